The number of aryl methyl sites for hydroxylation is 1. The van der Waals surface area contributed by atoms with Crippen LogP contribution in [-0.2, 0) is 6.42 Å². The fraction of sp³-hybridized carbons (Fsp3) is 0.429. The molecule has 1 aliphatic carbocycles. The topological polar surface area (TPSA) is 60.2 Å². The molecule has 0 aliphatic heterocycles. The molecule has 0 heterocycles. The number of rotatable bonds is 2. The van der Waals surface area contributed by atoms with Gasteiger partial charge in [0.2, 0.25) is 12.2 Å². The maximum atomic E-state index is 8.67. The van der Waals surface area contributed by atoms with Gasteiger partial charge < -0.3 is 10.6 Å². The van der Waals surface area contributed by atoms with Crippen molar-refractivity contribution in [1.82, 2.24) is 10.6 Å². The Labute approximate surface area is 108 Å². The molecule has 0 bridgehead atoms. The quantitative estimate of drug-likeness (QED) is 0.474. The van der Waals surface area contributed by atoms with Crippen molar-refractivity contribution in [3.8, 4) is 6.19 Å². The van der Waals surface area contributed by atoms with Gasteiger partial charge in [0.25, 0.3) is 0 Å². The summed E-state index contributed by atoms with van der Waals surface area (Å²) in [6, 6.07) is 8.73. The Bertz CT molecular complexity index is 473. The van der Waals surface area contributed by atoms with Gasteiger partial charge in [-0.3, -0.25) is 0 Å². The molecule has 4 nitrogen and oxygen atoms in total. The fourth-order valence-electron chi connectivity index (χ4n) is 2.41. The lowest BCUT2D eigenvalue weighted by Gasteiger charge is -2.27. The zero-order chi connectivity index (χ0) is 12.8. The van der Waals surface area contributed by atoms with Crippen molar-refractivity contribution in [3.05, 3.63) is 35.4 Å². The van der Waals surface area contributed by atoms with Gasteiger partial charge in [0.1, 0.15) is 0 Å². The van der Waals surface area contributed by atoms with Crippen molar-refractivity contribution < 1.29 is 0 Å². The predicted octanol–water partition coefficient (Wildman–Crippen LogP) is 2.10. The molecule has 0 radical (unpaired) electrons. The summed E-state index contributed by atoms with van der Waals surface area (Å²) in [6.45, 7) is 2.74. The molecule has 1 aromatic rings. The molecule has 0 spiro atoms. The van der Waals surface area contributed by atoms with Gasteiger partial charge in [-0.1, -0.05) is 24.3 Å². The van der Waals surface area contributed by atoms with Crippen LogP contribution in [0.25, 0.3) is 0 Å². The first-order valence-corrected chi connectivity index (χ1v) is 6.40. The highest BCUT2D eigenvalue weighted by molar-refractivity contribution is 5.81. The van der Waals surface area contributed by atoms with Gasteiger partial charge in [-0.2, -0.15) is 5.26 Å². The number of aliphatic imine (C=N–C) groups is 1. The third kappa shape index (κ3) is 2.80. The molecular weight excluding hydrogens is 224 g/mol. The van der Waals surface area contributed by atoms with Gasteiger partial charge in [-0.15, -0.1) is 4.99 Å². The smallest absolute Gasteiger partial charge is 0.209 e. The van der Waals surface area contributed by atoms with E-state index in [1.165, 1.54) is 17.5 Å². The lowest BCUT2D eigenvalue weighted by molar-refractivity contribution is 0.521. The number of nitrogens with one attached hydrogen (secondary N) is 2. The van der Waals surface area contributed by atoms with Gasteiger partial charge in [0.15, 0.2) is 0 Å². The zero-order valence-electron chi connectivity index (χ0n) is 10.6. The second kappa shape index (κ2) is 6.06. The molecule has 1 aromatic carbocycles. The van der Waals surface area contributed by atoms with E-state index in [0.717, 1.165) is 19.4 Å². The normalized spacial score (nSPS) is 18.7. The average Bonchev–Trinajstić information content (AvgIpc) is 2.40. The molecule has 0 saturated carbocycles. The van der Waals surface area contributed by atoms with Crippen molar-refractivity contribution in [3.63, 3.8) is 0 Å². The van der Waals surface area contributed by atoms with E-state index >= 15 is 0 Å². The molecule has 94 valence electrons. The Balaban J connectivity index is 2.16. The Hall–Kier alpha value is -2.02. The molecule has 1 atom stereocenters. The zero-order valence-corrected chi connectivity index (χ0v) is 10.6. The van der Waals surface area contributed by atoms with E-state index in [1.54, 1.807) is 0 Å². The third-order valence-corrected chi connectivity index (χ3v) is 3.19. The summed E-state index contributed by atoms with van der Waals surface area (Å²) in [6.07, 6.45) is 5.21. The second-order valence-electron chi connectivity index (χ2n) is 4.38. The number of guanidine groups is 1. The number of nitrogens with zero attached hydrogens (tertiary/aromatic N) is 2. The van der Waals surface area contributed by atoms with E-state index in [4.69, 9.17) is 5.26 Å². The summed E-state index contributed by atoms with van der Waals surface area (Å²) in [5.74, 6) is 0.571. The minimum Gasteiger partial charge on any atom is -0.356 e. The Morgan fingerprint density at radius 3 is 3.11 bits per heavy atom. The van der Waals surface area contributed by atoms with E-state index in [9.17, 15) is 0 Å². The molecule has 18 heavy (non-hydrogen) atoms. The number of hydrogen-bond acceptors (Lipinski definition) is 2. The first-order chi connectivity index (χ1) is 8.85. The summed E-state index contributed by atoms with van der Waals surface area (Å²) in [7, 11) is 0. The summed E-state index contributed by atoms with van der Waals surface area (Å²) < 4.78 is 0. The monoisotopic (exact) mass is 242 g/mol. The number of fused-ring (bicyclic) bond motifs is 1. The van der Waals surface area contributed by atoms with Crippen LogP contribution in [0, 0.1) is 11.5 Å². The van der Waals surface area contributed by atoms with Gasteiger partial charge in [0.05, 0.1) is 6.04 Å². The van der Waals surface area contributed by atoms with Crippen LogP contribution in [0.15, 0.2) is 29.3 Å². The van der Waals surface area contributed by atoms with E-state index in [-0.39, 0.29) is 6.04 Å². The van der Waals surface area contributed by atoms with E-state index in [1.807, 2.05) is 13.1 Å². The highest BCUT2D eigenvalue weighted by Crippen LogP contribution is 2.29. The SMILES string of the molecule is CCN/C(=N\C#N)NC1CCCc2ccccc21. The molecule has 0 aromatic heterocycles. The average molecular weight is 242 g/mol. The predicted molar refractivity (Wildman–Crippen MR) is 72.0 cm³/mol. The van der Waals surface area contributed by atoms with Crippen LogP contribution < -0.4 is 10.6 Å². The van der Waals surface area contributed by atoms with Crippen molar-refractivity contribution in [2.24, 2.45) is 4.99 Å². The minimum absolute atomic E-state index is 0.251. The van der Waals surface area contributed by atoms with Crippen LogP contribution in [0.3, 0.4) is 0 Å². The summed E-state index contributed by atoms with van der Waals surface area (Å²) >= 11 is 0. The largest absolute Gasteiger partial charge is 0.356 e. The van der Waals surface area contributed by atoms with E-state index in [0.29, 0.717) is 5.96 Å². The molecule has 1 aliphatic rings. The van der Waals surface area contributed by atoms with Crippen molar-refractivity contribution in [2.45, 2.75) is 32.2 Å². The molecule has 0 fully saturated rings. The number of benzene rings is 1. The van der Waals surface area contributed by atoms with Crippen molar-refractivity contribution in [1.29, 1.82) is 5.26 Å². The van der Waals surface area contributed by atoms with Crippen molar-refractivity contribution >= 4 is 5.96 Å². The highest BCUT2D eigenvalue weighted by Gasteiger charge is 2.20. The molecule has 2 rings (SSSR count). The molecular formula is C14H18N4. The van der Waals surface area contributed by atoms with Crippen LogP contribution in [0.1, 0.15) is 36.9 Å². The Morgan fingerprint density at radius 1 is 1.50 bits per heavy atom. The molecule has 0 amide bonds. The molecule has 4 heteroatoms. The van der Waals surface area contributed by atoms with Gasteiger partial charge in [0, 0.05) is 6.54 Å². The first-order valence-electron chi connectivity index (χ1n) is 6.40. The van der Waals surface area contributed by atoms with Crippen LogP contribution in [0.5, 0.6) is 0 Å². The summed E-state index contributed by atoms with van der Waals surface area (Å²) in [4.78, 5) is 3.78. The maximum Gasteiger partial charge on any atom is 0.209 e. The summed E-state index contributed by atoms with van der Waals surface area (Å²) in [5.41, 5.74) is 2.72. The highest BCUT2D eigenvalue weighted by atomic mass is 15.2. The number of nitriles is 1. The molecule has 2 N–H and O–H groups in total. The van der Waals surface area contributed by atoms with E-state index in [2.05, 4.69) is 39.9 Å². The molecule has 0 saturated heterocycles. The molecule has 1 unspecified atom stereocenters. The maximum absolute atomic E-state index is 8.67. The van der Waals surface area contributed by atoms with Crippen LogP contribution in [0.4, 0.5) is 0 Å². The fourth-order valence-corrected chi connectivity index (χ4v) is 2.41. The first kappa shape index (κ1) is 12.4. The van der Waals surface area contributed by atoms with Gasteiger partial charge in [-0.05, 0) is 37.3 Å². The Kier molecular flexibility index (Phi) is 4.19. The van der Waals surface area contributed by atoms with Crippen LogP contribution >= 0.6 is 0 Å². The lowest BCUT2D eigenvalue weighted by Crippen LogP contribution is -2.40. The standard InChI is InChI=1S/C14H18N4/c1-2-16-14(17-10-15)18-13-9-5-7-11-6-3-4-8-12(11)13/h3-4,6,8,13H,2,5,7,9H2,1H3,(H2,16,17,18). The summed E-state index contributed by atoms with van der Waals surface area (Å²) in [5, 5.41) is 15.1. The number of hydrogen-bond donors (Lipinski definition) is 2. The van der Waals surface area contributed by atoms with Crippen LogP contribution in [0.2, 0.25) is 0 Å². The minimum atomic E-state index is 0.251. The van der Waals surface area contributed by atoms with Gasteiger partial charge in [-0.25, -0.2) is 0 Å². The second-order valence-corrected chi connectivity index (χ2v) is 4.38. The third-order valence-electron chi connectivity index (χ3n) is 3.19. The lowest BCUT2D eigenvalue weighted by atomic mass is 9.88. The van der Waals surface area contributed by atoms with Gasteiger partial charge >= 0.3 is 0 Å². The van der Waals surface area contributed by atoms with E-state index < -0.39 is 0 Å². The van der Waals surface area contributed by atoms with Crippen molar-refractivity contribution in [2.75, 3.05) is 6.54 Å². The van der Waals surface area contributed by atoms with Crippen LogP contribution in [-0.4, -0.2) is 12.5 Å². The Morgan fingerprint density at radius 2 is 2.33 bits per heavy atom.